The summed E-state index contributed by atoms with van der Waals surface area (Å²) >= 11 is 6.46. The van der Waals surface area contributed by atoms with E-state index in [0.717, 1.165) is 54.1 Å². The third-order valence-electron chi connectivity index (χ3n) is 5.10. The zero-order valence-electron chi connectivity index (χ0n) is 15.8. The molecule has 3 heterocycles. The lowest BCUT2D eigenvalue weighted by Gasteiger charge is -2.11. The Labute approximate surface area is 169 Å². The van der Waals surface area contributed by atoms with Gasteiger partial charge in [0.15, 0.2) is 5.82 Å². The molecule has 0 fully saturated rings. The number of nitrogens with zero attached hydrogens (tertiary/aromatic N) is 4. The molecule has 4 rings (SSSR count). The van der Waals surface area contributed by atoms with Gasteiger partial charge in [0.25, 0.3) is 0 Å². The summed E-state index contributed by atoms with van der Waals surface area (Å²) in [6.45, 7) is 2.87. The molecule has 0 aliphatic carbocycles. The first-order valence-electron chi connectivity index (χ1n) is 9.53. The number of fused-ring (bicyclic) bond motifs is 1. The van der Waals surface area contributed by atoms with E-state index in [1.807, 2.05) is 19.1 Å². The number of benzene rings is 1. The van der Waals surface area contributed by atoms with Crippen LogP contribution in [0.3, 0.4) is 0 Å². The van der Waals surface area contributed by atoms with Crippen molar-refractivity contribution < 1.29 is 4.79 Å². The minimum Gasteiger partial charge on any atom is -0.326 e. The minimum absolute atomic E-state index is 0.0931. The molecule has 7 heteroatoms. The normalized spacial score (nSPS) is 13.6. The monoisotopic (exact) mass is 395 g/mol. The Hall–Kier alpha value is -2.73. The van der Waals surface area contributed by atoms with E-state index in [1.54, 1.807) is 24.5 Å². The van der Waals surface area contributed by atoms with Crippen molar-refractivity contribution in [3.05, 3.63) is 58.6 Å². The van der Waals surface area contributed by atoms with Gasteiger partial charge < -0.3 is 9.88 Å². The molecule has 0 atom stereocenters. The second-order valence-corrected chi connectivity index (χ2v) is 7.53. The number of hydrogen-bond acceptors (Lipinski definition) is 4. The first kappa shape index (κ1) is 18.6. The molecule has 28 heavy (non-hydrogen) atoms. The first-order valence-corrected chi connectivity index (χ1v) is 9.91. The highest BCUT2D eigenvalue weighted by atomic mass is 35.5. The number of hydrogen-bond donors (Lipinski definition) is 1. The molecule has 2 aromatic heterocycles. The standard InChI is InChI=1S/C21H22ClN5O/c1-14-8-9-23-13-15(14)11-20(28)24-16-6-7-18(22)17(12-16)21-26-25-19-5-3-2-4-10-27(19)21/h6-9,12-13H,2-5,10-11H2,1H3,(H,24,28). The lowest BCUT2D eigenvalue weighted by Crippen LogP contribution is -2.15. The predicted molar refractivity (Wildman–Crippen MR) is 109 cm³/mol. The SMILES string of the molecule is Cc1ccncc1CC(=O)Nc1ccc(Cl)c(-c2nnc3n2CCCCC3)c1. The van der Waals surface area contributed by atoms with Crippen molar-refractivity contribution in [2.24, 2.45) is 0 Å². The largest absolute Gasteiger partial charge is 0.326 e. The molecule has 0 bridgehead atoms. The van der Waals surface area contributed by atoms with Crippen molar-refractivity contribution in [1.82, 2.24) is 19.7 Å². The summed E-state index contributed by atoms with van der Waals surface area (Å²) in [7, 11) is 0. The molecule has 6 nitrogen and oxygen atoms in total. The van der Waals surface area contributed by atoms with Crippen LogP contribution in [0.15, 0.2) is 36.7 Å². The molecule has 1 aliphatic rings. The van der Waals surface area contributed by atoms with E-state index in [0.29, 0.717) is 10.7 Å². The molecule has 0 saturated carbocycles. The van der Waals surface area contributed by atoms with Gasteiger partial charge in [0.05, 0.1) is 11.4 Å². The Balaban J connectivity index is 1.57. The van der Waals surface area contributed by atoms with Crippen molar-refractivity contribution in [2.75, 3.05) is 5.32 Å². The second-order valence-electron chi connectivity index (χ2n) is 7.12. The number of nitrogens with one attached hydrogen (secondary N) is 1. The molecular formula is C21H22ClN5O. The Bertz CT molecular complexity index is 1010. The van der Waals surface area contributed by atoms with Crippen LogP contribution < -0.4 is 5.32 Å². The van der Waals surface area contributed by atoms with Crippen molar-refractivity contribution in [3.63, 3.8) is 0 Å². The molecule has 1 amide bonds. The van der Waals surface area contributed by atoms with E-state index in [-0.39, 0.29) is 12.3 Å². The predicted octanol–water partition coefficient (Wildman–Crippen LogP) is 4.21. The van der Waals surface area contributed by atoms with E-state index in [2.05, 4.69) is 25.1 Å². The van der Waals surface area contributed by atoms with Gasteiger partial charge in [-0.3, -0.25) is 9.78 Å². The fourth-order valence-electron chi connectivity index (χ4n) is 3.52. The number of pyridine rings is 1. The maximum Gasteiger partial charge on any atom is 0.228 e. The number of rotatable bonds is 4. The van der Waals surface area contributed by atoms with Gasteiger partial charge in [-0.2, -0.15) is 0 Å². The molecule has 0 saturated heterocycles. The molecular weight excluding hydrogens is 374 g/mol. The van der Waals surface area contributed by atoms with Crippen LogP contribution in [0, 0.1) is 6.92 Å². The van der Waals surface area contributed by atoms with Crippen LogP contribution >= 0.6 is 11.6 Å². The van der Waals surface area contributed by atoms with Crippen molar-refractivity contribution in [2.45, 2.75) is 45.6 Å². The van der Waals surface area contributed by atoms with E-state index >= 15 is 0 Å². The Kier molecular flexibility index (Phi) is 5.39. The van der Waals surface area contributed by atoms with Gasteiger partial charge in [-0.1, -0.05) is 18.0 Å². The van der Waals surface area contributed by atoms with Crippen LogP contribution in [0.2, 0.25) is 5.02 Å². The Morgan fingerprint density at radius 1 is 1.21 bits per heavy atom. The van der Waals surface area contributed by atoms with E-state index < -0.39 is 0 Å². The third-order valence-corrected chi connectivity index (χ3v) is 5.43. The molecule has 0 radical (unpaired) electrons. The van der Waals surface area contributed by atoms with Crippen LogP contribution in [-0.4, -0.2) is 25.7 Å². The highest BCUT2D eigenvalue weighted by molar-refractivity contribution is 6.33. The summed E-state index contributed by atoms with van der Waals surface area (Å²) in [4.78, 5) is 16.6. The molecule has 1 aliphatic heterocycles. The quantitative estimate of drug-likeness (QED) is 0.718. The molecule has 1 aromatic carbocycles. The van der Waals surface area contributed by atoms with Crippen LogP contribution in [0.4, 0.5) is 5.69 Å². The van der Waals surface area contributed by atoms with Gasteiger partial charge in [0.1, 0.15) is 5.82 Å². The minimum atomic E-state index is -0.0931. The zero-order valence-corrected chi connectivity index (χ0v) is 16.5. The lowest BCUT2D eigenvalue weighted by atomic mass is 10.1. The van der Waals surface area contributed by atoms with Crippen molar-refractivity contribution in [3.8, 4) is 11.4 Å². The summed E-state index contributed by atoms with van der Waals surface area (Å²) in [5, 5.41) is 12.3. The molecule has 144 valence electrons. The summed E-state index contributed by atoms with van der Waals surface area (Å²) in [5.74, 6) is 1.68. The summed E-state index contributed by atoms with van der Waals surface area (Å²) in [6.07, 6.45) is 8.10. The van der Waals surface area contributed by atoms with Crippen LogP contribution in [0.25, 0.3) is 11.4 Å². The third kappa shape index (κ3) is 3.92. The smallest absolute Gasteiger partial charge is 0.228 e. The summed E-state index contributed by atoms with van der Waals surface area (Å²) in [5.41, 5.74) is 3.44. The molecule has 0 unspecified atom stereocenters. The average Bonchev–Trinajstić information content (AvgIpc) is 2.93. The van der Waals surface area contributed by atoms with E-state index in [9.17, 15) is 4.79 Å². The fraction of sp³-hybridized carbons (Fsp3) is 0.333. The molecule has 1 N–H and O–H groups in total. The number of anilines is 1. The Morgan fingerprint density at radius 2 is 2.11 bits per heavy atom. The van der Waals surface area contributed by atoms with Gasteiger partial charge >= 0.3 is 0 Å². The lowest BCUT2D eigenvalue weighted by molar-refractivity contribution is -0.115. The van der Waals surface area contributed by atoms with Crippen LogP contribution in [-0.2, 0) is 24.2 Å². The Morgan fingerprint density at radius 3 is 2.96 bits per heavy atom. The highest BCUT2D eigenvalue weighted by Gasteiger charge is 2.18. The van der Waals surface area contributed by atoms with Gasteiger partial charge in [-0.15, -0.1) is 10.2 Å². The number of halogens is 1. The number of amides is 1. The number of aryl methyl sites for hydroxylation is 2. The maximum absolute atomic E-state index is 12.5. The topological polar surface area (TPSA) is 72.7 Å². The van der Waals surface area contributed by atoms with Crippen LogP contribution in [0.1, 0.15) is 36.2 Å². The van der Waals surface area contributed by atoms with Gasteiger partial charge in [-0.25, -0.2) is 0 Å². The van der Waals surface area contributed by atoms with Gasteiger partial charge in [0.2, 0.25) is 5.91 Å². The van der Waals surface area contributed by atoms with Crippen molar-refractivity contribution in [1.29, 1.82) is 0 Å². The van der Waals surface area contributed by atoms with Crippen molar-refractivity contribution >= 4 is 23.2 Å². The fourth-order valence-corrected chi connectivity index (χ4v) is 3.72. The summed E-state index contributed by atoms with van der Waals surface area (Å²) < 4.78 is 2.15. The number of aromatic nitrogens is 4. The van der Waals surface area contributed by atoms with E-state index in [1.165, 1.54) is 6.42 Å². The number of carbonyl (C=O) groups excluding carboxylic acids is 1. The molecule has 0 spiro atoms. The van der Waals surface area contributed by atoms with E-state index in [4.69, 9.17) is 11.6 Å². The molecule has 3 aromatic rings. The first-order chi connectivity index (χ1) is 13.6. The number of carbonyl (C=O) groups is 1. The van der Waals surface area contributed by atoms with Gasteiger partial charge in [0, 0.05) is 36.6 Å². The second kappa shape index (κ2) is 8.10. The summed E-state index contributed by atoms with van der Waals surface area (Å²) in [6, 6.07) is 7.37. The average molecular weight is 396 g/mol. The van der Waals surface area contributed by atoms with Crippen LogP contribution in [0.5, 0.6) is 0 Å². The maximum atomic E-state index is 12.5. The van der Waals surface area contributed by atoms with Gasteiger partial charge in [-0.05, 0) is 55.2 Å². The zero-order chi connectivity index (χ0) is 19.5. The highest BCUT2D eigenvalue weighted by Crippen LogP contribution is 2.31.